The van der Waals surface area contributed by atoms with Gasteiger partial charge in [-0.3, -0.25) is 5.09 Å². The Labute approximate surface area is 83.1 Å². The lowest BCUT2D eigenvalue weighted by molar-refractivity contribution is 0.876. The molecule has 0 heterocycles. The van der Waals surface area contributed by atoms with Gasteiger partial charge in [-0.15, -0.1) is 0 Å². The molecule has 1 aliphatic carbocycles. The van der Waals surface area contributed by atoms with Crippen molar-refractivity contribution in [2.75, 3.05) is 0 Å². The molecular weight excluding hydrogens is 177 g/mol. The fourth-order valence-electron chi connectivity index (χ4n) is 1.58. The molecule has 0 bridgehead atoms. The predicted octanol–water partition coefficient (Wildman–Crippen LogP) is 3.28. The zero-order chi connectivity index (χ0) is 9.84. The van der Waals surface area contributed by atoms with E-state index >= 15 is 0 Å². The third kappa shape index (κ3) is 3.25. The third-order valence-electron chi connectivity index (χ3n) is 2.16. The lowest BCUT2D eigenvalue weighted by Gasteiger charge is -2.28. The lowest BCUT2D eigenvalue weighted by Crippen LogP contribution is -2.25. The summed E-state index contributed by atoms with van der Waals surface area (Å²) in [4.78, 5) is 0. The SMILES string of the molecule is CC(C)P(NC1C=CC=C1)C(C)C. The maximum Gasteiger partial charge on any atom is 0.0476 e. The highest BCUT2D eigenvalue weighted by Gasteiger charge is 2.18. The topological polar surface area (TPSA) is 12.0 Å². The van der Waals surface area contributed by atoms with Gasteiger partial charge in [0.1, 0.15) is 0 Å². The number of hydrogen-bond acceptors (Lipinski definition) is 1. The molecule has 1 nitrogen and oxygen atoms in total. The van der Waals surface area contributed by atoms with E-state index in [1.54, 1.807) is 0 Å². The zero-order valence-electron chi connectivity index (χ0n) is 8.99. The quantitative estimate of drug-likeness (QED) is 0.682. The Bertz CT molecular complexity index is 186. The summed E-state index contributed by atoms with van der Waals surface area (Å²) in [6, 6.07) is 0.482. The van der Waals surface area contributed by atoms with E-state index in [9.17, 15) is 0 Å². The molecular formula is C11H20NP. The van der Waals surface area contributed by atoms with Crippen LogP contribution in [-0.2, 0) is 0 Å². The molecule has 0 aromatic carbocycles. The highest BCUT2D eigenvalue weighted by atomic mass is 31.1. The molecule has 1 rings (SSSR count). The average molecular weight is 197 g/mol. The van der Waals surface area contributed by atoms with Crippen LogP contribution in [0.4, 0.5) is 0 Å². The molecule has 0 saturated heterocycles. The fourth-order valence-corrected chi connectivity index (χ4v) is 3.89. The summed E-state index contributed by atoms with van der Waals surface area (Å²) < 4.78 is 0. The normalized spacial score (nSPS) is 17.2. The Hall–Kier alpha value is -0.130. The first kappa shape index (κ1) is 10.9. The molecule has 0 atom stereocenters. The van der Waals surface area contributed by atoms with Gasteiger partial charge < -0.3 is 0 Å². The summed E-state index contributed by atoms with van der Waals surface area (Å²) in [6.45, 7) is 9.23. The van der Waals surface area contributed by atoms with Crippen molar-refractivity contribution in [2.45, 2.75) is 45.1 Å². The molecule has 0 spiro atoms. The van der Waals surface area contributed by atoms with Gasteiger partial charge in [-0.1, -0.05) is 52.0 Å². The van der Waals surface area contributed by atoms with Gasteiger partial charge in [-0.05, 0) is 19.4 Å². The van der Waals surface area contributed by atoms with E-state index < -0.39 is 0 Å². The van der Waals surface area contributed by atoms with E-state index in [0.29, 0.717) is 6.04 Å². The van der Waals surface area contributed by atoms with Gasteiger partial charge >= 0.3 is 0 Å². The minimum absolute atomic E-state index is 0.0422. The first-order valence-electron chi connectivity index (χ1n) is 5.00. The summed E-state index contributed by atoms with van der Waals surface area (Å²) in [5.74, 6) is 0. The van der Waals surface area contributed by atoms with E-state index in [0.717, 1.165) is 11.3 Å². The van der Waals surface area contributed by atoms with Crippen LogP contribution in [0.2, 0.25) is 0 Å². The van der Waals surface area contributed by atoms with Crippen LogP contribution in [0.5, 0.6) is 0 Å². The van der Waals surface area contributed by atoms with Gasteiger partial charge in [0, 0.05) is 6.04 Å². The molecule has 0 aromatic rings. The molecule has 0 aromatic heterocycles. The Kier molecular flexibility index (Phi) is 4.15. The molecule has 0 fully saturated rings. The van der Waals surface area contributed by atoms with Crippen LogP contribution >= 0.6 is 8.07 Å². The minimum Gasteiger partial charge on any atom is -0.285 e. The van der Waals surface area contributed by atoms with Crippen LogP contribution in [0.1, 0.15) is 27.7 Å². The van der Waals surface area contributed by atoms with Crippen molar-refractivity contribution in [2.24, 2.45) is 0 Å². The van der Waals surface area contributed by atoms with E-state index in [1.807, 2.05) is 0 Å². The van der Waals surface area contributed by atoms with Crippen molar-refractivity contribution in [3.63, 3.8) is 0 Å². The third-order valence-corrected chi connectivity index (χ3v) is 4.98. The average Bonchev–Trinajstić information content (AvgIpc) is 2.50. The summed E-state index contributed by atoms with van der Waals surface area (Å²) in [7, 11) is -0.0422. The number of allylic oxidation sites excluding steroid dienone is 2. The second-order valence-corrected chi connectivity index (χ2v) is 7.16. The fraction of sp³-hybridized carbons (Fsp3) is 0.636. The van der Waals surface area contributed by atoms with Crippen LogP contribution in [-0.4, -0.2) is 17.4 Å². The van der Waals surface area contributed by atoms with E-state index in [1.165, 1.54) is 0 Å². The molecule has 0 unspecified atom stereocenters. The molecule has 0 aliphatic heterocycles. The van der Waals surface area contributed by atoms with Crippen LogP contribution in [0.25, 0.3) is 0 Å². The Balaban J connectivity index is 2.47. The van der Waals surface area contributed by atoms with E-state index in [4.69, 9.17) is 0 Å². The predicted molar refractivity (Wildman–Crippen MR) is 62.4 cm³/mol. The standard InChI is InChI=1S/C11H20NP/c1-9(2)13(10(3)4)12-11-7-5-6-8-11/h5-12H,1-4H3. The van der Waals surface area contributed by atoms with Crippen LogP contribution in [0, 0.1) is 0 Å². The highest BCUT2D eigenvalue weighted by Crippen LogP contribution is 2.42. The maximum absolute atomic E-state index is 3.71. The lowest BCUT2D eigenvalue weighted by atomic mass is 10.4. The van der Waals surface area contributed by atoms with Gasteiger partial charge in [0.05, 0.1) is 0 Å². The summed E-state index contributed by atoms with van der Waals surface area (Å²) in [6.07, 6.45) is 8.68. The Morgan fingerprint density at radius 1 is 1.00 bits per heavy atom. The second kappa shape index (κ2) is 4.93. The number of hydrogen-bond donors (Lipinski definition) is 1. The van der Waals surface area contributed by atoms with Crippen molar-refractivity contribution in [3.8, 4) is 0 Å². The smallest absolute Gasteiger partial charge is 0.0476 e. The molecule has 2 heteroatoms. The molecule has 0 amide bonds. The van der Waals surface area contributed by atoms with Crippen molar-refractivity contribution < 1.29 is 0 Å². The van der Waals surface area contributed by atoms with Crippen LogP contribution < -0.4 is 5.09 Å². The van der Waals surface area contributed by atoms with Gasteiger partial charge in [0.15, 0.2) is 0 Å². The monoisotopic (exact) mass is 197 g/mol. The van der Waals surface area contributed by atoms with E-state index in [-0.39, 0.29) is 8.07 Å². The Morgan fingerprint density at radius 2 is 1.46 bits per heavy atom. The van der Waals surface area contributed by atoms with Gasteiger partial charge in [0.2, 0.25) is 0 Å². The van der Waals surface area contributed by atoms with Crippen LogP contribution in [0.3, 0.4) is 0 Å². The van der Waals surface area contributed by atoms with Crippen molar-refractivity contribution in [3.05, 3.63) is 24.3 Å². The zero-order valence-corrected chi connectivity index (χ0v) is 9.88. The largest absolute Gasteiger partial charge is 0.285 e. The van der Waals surface area contributed by atoms with Gasteiger partial charge in [-0.2, -0.15) is 0 Å². The second-order valence-electron chi connectivity index (χ2n) is 4.02. The number of nitrogens with one attached hydrogen (secondary N) is 1. The molecule has 0 saturated carbocycles. The summed E-state index contributed by atoms with van der Waals surface area (Å²) in [5.41, 5.74) is 1.52. The van der Waals surface area contributed by atoms with Gasteiger partial charge in [-0.25, -0.2) is 0 Å². The first-order chi connectivity index (χ1) is 6.11. The number of rotatable bonds is 4. The van der Waals surface area contributed by atoms with Crippen molar-refractivity contribution in [1.82, 2.24) is 5.09 Å². The van der Waals surface area contributed by atoms with E-state index in [2.05, 4.69) is 57.1 Å². The maximum atomic E-state index is 3.71. The molecule has 0 radical (unpaired) electrons. The molecule has 1 aliphatic rings. The minimum atomic E-state index is -0.0422. The Morgan fingerprint density at radius 3 is 1.85 bits per heavy atom. The first-order valence-corrected chi connectivity index (χ1v) is 6.48. The molecule has 74 valence electrons. The summed E-state index contributed by atoms with van der Waals surface area (Å²) >= 11 is 0. The molecule has 13 heavy (non-hydrogen) atoms. The summed E-state index contributed by atoms with van der Waals surface area (Å²) in [5, 5.41) is 3.71. The van der Waals surface area contributed by atoms with Crippen molar-refractivity contribution >= 4 is 8.07 Å². The van der Waals surface area contributed by atoms with Gasteiger partial charge in [0.25, 0.3) is 0 Å². The molecule has 1 N–H and O–H groups in total. The highest BCUT2D eigenvalue weighted by molar-refractivity contribution is 7.57. The van der Waals surface area contributed by atoms with Crippen molar-refractivity contribution in [1.29, 1.82) is 0 Å². The van der Waals surface area contributed by atoms with Crippen LogP contribution in [0.15, 0.2) is 24.3 Å².